The second kappa shape index (κ2) is 7.17. The first-order chi connectivity index (χ1) is 8.91. The molecule has 0 bridgehead atoms. The SMILES string of the molecule is C#CCN(C(=O)[C@@H](N)CCSC)C1CCS(=O)(=O)C1. The van der Waals surface area contributed by atoms with Crippen LogP contribution in [0, 0.1) is 12.3 Å². The smallest absolute Gasteiger partial charge is 0.240 e. The highest BCUT2D eigenvalue weighted by atomic mass is 32.2. The molecule has 2 atom stereocenters. The van der Waals surface area contributed by atoms with Crippen LogP contribution in [0.25, 0.3) is 0 Å². The zero-order chi connectivity index (χ0) is 14.5. The normalized spacial score (nSPS) is 22.7. The third kappa shape index (κ3) is 4.71. The zero-order valence-electron chi connectivity index (χ0n) is 11.0. The molecule has 0 aromatic heterocycles. The summed E-state index contributed by atoms with van der Waals surface area (Å²) in [6.45, 7) is 0.117. The van der Waals surface area contributed by atoms with E-state index in [2.05, 4.69) is 5.92 Å². The maximum atomic E-state index is 12.2. The largest absolute Gasteiger partial charge is 0.326 e. The predicted molar refractivity (Wildman–Crippen MR) is 78.6 cm³/mol. The van der Waals surface area contributed by atoms with E-state index in [4.69, 9.17) is 12.2 Å². The van der Waals surface area contributed by atoms with Gasteiger partial charge in [-0.3, -0.25) is 4.79 Å². The van der Waals surface area contributed by atoms with Crippen molar-refractivity contribution in [2.75, 3.05) is 30.1 Å². The molecule has 2 N–H and O–H groups in total. The summed E-state index contributed by atoms with van der Waals surface area (Å²) in [7, 11) is -3.04. The molecular formula is C12H20N2O3S2. The second-order valence-corrected chi connectivity index (χ2v) is 7.83. The van der Waals surface area contributed by atoms with Gasteiger partial charge in [-0.1, -0.05) is 5.92 Å². The number of hydrogen-bond donors (Lipinski definition) is 1. The van der Waals surface area contributed by atoms with E-state index < -0.39 is 15.9 Å². The van der Waals surface area contributed by atoms with Gasteiger partial charge in [0.1, 0.15) is 0 Å². The van der Waals surface area contributed by atoms with E-state index >= 15 is 0 Å². The molecule has 0 radical (unpaired) electrons. The Morgan fingerprint density at radius 3 is 2.79 bits per heavy atom. The molecule has 1 aliphatic rings. The molecule has 1 unspecified atom stereocenters. The lowest BCUT2D eigenvalue weighted by molar-refractivity contribution is -0.133. The van der Waals surface area contributed by atoms with E-state index in [-0.39, 0.29) is 30.0 Å². The minimum Gasteiger partial charge on any atom is -0.326 e. The summed E-state index contributed by atoms with van der Waals surface area (Å²) in [6, 6.07) is -0.932. The first-order valence-corrected chi connectivity index (χ1v) is 9.31. The molecule has 19 heavy (non-hydrogen) atoms. The van der Waals surface area contributed by atoms with Crippen molar-refractivity contribution in [1.29, 1.82) is 0 Å². The van der Waals surface area contributed by atoms with Crippen LogP contribution in [0.4, 0.5) is 0 Å². The Labute approximate surface area is 119 Å². The molecule has 0 aromatic rings. The van der Waals surface area contributed by atoms with E-state index in [0.29, 0.717) is 12.8 Å². The number of sulfone groups is 1. The average Bonchev–Trinajstić information content (AvgIpc) is 2.72. The molecule has 1 fully saturated rings. The van der Waals surface area contributed by atoms with Gasteiger partial charge in [0, 0.05) is 6.04 Å². The Kier molecular flexibility index (Phi) is 6.17. The number of thioether (sulfide) groups is 1. The van der Waals surface area contributed by atoms with Crippen molar-refractivity contribution < 1.29 is 13.2 Å². The van der Waals surface area contributed by atoms with E-state index in [0.717, 1.165) is 5.75 Å². The molecule has 0 aliphatic carbocycles. The molecule has 0 aromatic carbocycles. The van der Waals surface area contributed by atoms with E-state index in [1.165, 1.54) is 4.90 Å². The molecule has 1 rings (SSSR count). The summed E-state index contributed by atoms with van der Waals surface area (Å²) < 4.78 is 23.0. The molecule has 108 valence electrons. The van der Waals surface area contributed by atoms with Crippen LogP contribution in [0.5, 0.6) is 0 Å². The quantitative estimate of drug-likeness (QED) is 0.682. The van der Waals surface area contributed by atoms with Crippen LogP contribution in [0.15, 0.2) is 0 Å². The van der Waals surface area contributed by atoms with Crippen molar-refractivity contribution in [3.8, 4) is 12.3 Å². The number of amides is 1. The molecule has 1 saturated heterocycles. The molecule has 1 amide bonds. The van der Waals surface area contributed by atoms with Crippen LogP contribution in [0.2, 0.25) is 0 Å². The van der Waals surface area contributed by atoms with Crippen molar-refractivity contribution in [3.63, 3.8) is 0 Å². The molecule has 7 heteroatoms. The van der Waals surface area contributed by atoms with E-state index in [1.807, 2.05) is 6.26 Å². The maximum Gasteiger partial charge on any atom is 0.240 e. The highest BCUT2D eigenvalue weighted by Crippen LogP contribution is 2.18. The highest BCUT2D eigenvalue weighted by Gasteiger charge is 2.35. The molecule has 5 nitrogen and oxygen atoms in total. The summed E-state index contributed by atoms with van der Waals surface area (Å²) in [4.78, 5) is 13.7. The van der Waals surface area contributed by atoms with Crippen LogP contribution in [-0.4, -0.2) is 61.4 Å². The topological polar surface area (TPSA) is 80.5 Å². The van der Waals surface area contributed by atoms with Gasteiger partial charge in [-0.25, -0.2) is 8.42 Å². The Bertz CT molecular complexity index is 456. The number of nitrogens with two attached hydrogens (primary N) is 1. The number of carbonyl (C=O) groups is 1. The Balaban J connectivity index is 2.72. The molecule has 1 heterocycles. The van der Waals surface area contributed by atoms with Gasteiger partial charge in [-0.2, -0.15) is 11.8 Å². The zero-order valence-corrected chi connectivity index (χ0v) is 12.7. The van der Waals surface area contributed by atoms with Gasteiger partial charge in [-0.15, -0.1) is 6.42 Å². The minimum absolute atomic E-state index is 0.00430. The number of nitrogens with zero attached hydrogens (tertiary/aromatic N) is 1. The van der Waals surface area contributed by atoms with Crippen molar-refractivity contribution in [3.05, 3.63) is 0 Å². The Morgan fingerprint density at radius 2 is 2.32 bits per heavy atom. The summed E-state index contributed by atoms with van der Waals surface area (Å²) in [6.07, 6.45) is 8.23. The second-order valence-electron chi connectivity index (χ2n) is 4.62. The van der Waals surface area contributed by atoms with E-state index in [9.17, 15) is 13.2 Å². The van der Waals surface area contributed by atoms with Gasteiger partial charge in [0.2, 0.25) is 5.91 Å². The molecule has 0 spiro atoms. The fourth-order valence-electron chi connectivity index (χ4n) is 2.09. The lowest BCUT2D eigenvalue weighted by Crippen LogP contribution is -2.49. The third-order valence-electron chi connectivity index (χ3n) is 3.14. The molecular weight excluding hydrogens is 284 g/mol. The molecule has 0 saturated carbocycles. The van der Waals surface area contributed by atoms with Crippen LogP contribution in [0.1, 0.15) is 12.8 Å². The van der Waals surface area contributed by atoms with Gasteiger partial charge in [0.15, 0.2) is 9.84 Å². The summed E-state index contributed by atoms with van der Waals surface area (Å²) in [5, 5.41) is 0. The minimum atomic E-state index is -3.04. The number of rotatable bonds is 6. The summed E-state index contributed by atoms with van der Waals surface area (Å²) in [5.74, 6) is 3.08. The fraction of sp³-hybridized carbons (Fsp3) is 0.750. The van der Waals surface area contributed by atoms with Gasteiger partial charge < -0.3 is 10.6 Å². The molecule has 1 aliphatic heterocycles. The lowest BCUT2D eigenvalue weighted by atomic mass is 10.1. The monoisotopic (exact) mass is 304 g/mol. The van der Waals surface area contributed by atoms with E-state index in [1.54, 1.807) is 11.8 Å². The Morgan fingerprint density at radius 1 is 1.63 bits per heavy atom. The van der Waals surface area contributed by atoms with Crippen molar-refractivity contribution in [1.82, 2.24) is 4.90 Å². The van der Waals surface area contributed by atoms with Crippen LogP contribution in [-0.2, 0) is 14.6 Å². The third-order valence-corrected chi connectivity index (χ3v) is 5.54. The fourth-order valence-corrected chi connectivity index (χ4v) is 4.31. The average molecular weight is 304 g/mol. The Hall–Kier alpha value is -0.710. The predicted octanol–water partition coefficient (Wildman–Crippen LogP) is -0.284. The first-order valence-electron chi connectivity index (χ1n) is 6.10. The van der Waals surface area contributed by atoms with Gasteiger partial charge in [-0.05, 0) is 24.9 Å². The number of terminal acetylenes is 1. The maximum absolute atomic E-state index is 12.2. The lowest BCUT2D eigenvalue weighted by Gasteiger charge is -2.28. The summed E-state index contributed by atoms with van der Waals surface area (Å²) in [5.41, 5.74) is 5.85. The van der Waals surface area contributed by atoms with Gasteiger partial charge >= 0.3 is 0 Å². The van der Waals surface area contributed by atoms with Crippen molar-refractivity contribution in [2.24, 2.45) is 5.73 Å². The van der Waals surface area contributed by atoms with Crippen molar-refractivity contribution >= 4 is 27.5 Å². The van der Waals surface area contributed by atoms with Crippen LogP contribution >= 0.6 is 11.8 Å². The number of carbonyl (C=O) groups excluding carboxylic acids is 1. The van der Waals surface area contributed by atoms with Gasteiger partial charge in [0.25, 0.3) is 0 Å². The van der Waals surface area contributed by atoms with Crippen LogP contribution < -0.4 is 5.73 Å². The van der Waals surface area contributed by atoms with Crippen molar-refractivity contribution in [2.45, 2.75) is 24.9 Å². The first kappa shape index (κ1) is 16.3. The summed E-state index contributed by atoms with van der Waals surface area (Å²) >= 11 is 1.62. The van der Waals surface area contributed by atoms with Gasteiger partial charge in [0.05, 0.1) is 24.1 Å². The standard InChI is InChI=1S/C12H20N2O3S2/c1-3-6-14(10-5-8-19(16,17)9-10)12(15)11(13)4-7-18-2/h1,10-11H,4-9,13H2,2H3/t10?,11-/m0/s1. The van der Waals surface area contributed by atoms with Crippen LogP contribution in [0.3, 0.4) is 0 Å². The highest BCUT2D eigenvalue weighted by molar-refractivity contribution is 7.98. The number of hydrogen-bond acceptors (Lipinski definition) is 5.